The van der Waals surface area contributed by atoms with E-state index in [1.165, 1.54) is 12.1 Å². The van der Waals surface area contributed by atoms with Crippen molar-refractivity contribution in [2.75, 3.05) is 29.9 Å². The molecule has 0 saturated carbocycles. The lowest BCUT2D eigenvalue weighted by Gasteiger charge is -2.20. The van der Waals surface area contributed by atoms with Gasteiger partial charge in [-0.2, -0.15) is 0 Å². The van der Waals surface area contributed by atoms with Gasteiger partial charge in [0.2, 0.25) is 0 Å². The molecule has 1 fully saturated rings. The number of hydrogen-bond acceptors (Lipinski definition) is 8. The predicted molar refractivity (Wildman–Crippen MR) is 135 cm³/mol. The smallest absolute Gasteiger partial charge is 0.411 e. The summed E-state index contributed by atoms with van der Waals surface area (Å²) in [6, 6.07) is 15.6. The Morgan fingerprint density at radius 3 is 2.67 bits per heavy atom. The van der Waals surface area contributed by atoms with Crippen LogP contribution in [0, 0.1) is 0 Å². The minimum atomic E-state index is -0.609. The molecule has 1 aliphatic heterocycles. The average molecular weight is 488 g/mol. The van der Waals surface area contributed by atoms with Gasteiger partial charge in [-0.05, 0) is 44.0 Å². The van der Waals surface area contributed by atoms with E-state index in [1.54, 1.807) is 19.1 Å². The van der Waals surface area contributed by atoms with E-state index >= 15 is 0 Å². The first-order valence-electron chi connectivity index (χ1n) is 11.8. The summed E-state index contributed by atoms with van der Waals surface area (Å²) in [4.78, 5) is 44.0. The third kappa shape index (κ3) is 4.86. The summed E-state index contributed by atoms with van der Waals surface area (Å²) in [6.07, 6.45) is 1.48. The molecule has 4 aromatic rings. The summed E-state index contributed by atoms with van der Waals surface area (Å²) < 4.78 is 15.9. The summed E-state index contributed by atoms with van der Waals surface area (Å²) in [7, 11) is 0. The Balaban J connectivity index is 1.42. The number of anilines is 2. The minimum Gasteiger partial charge on any atom is -0.457 e. The van der Waals surface area contributed by atoms with Crippen molar-refractivity contribution < 1.29 is 23.5 Å². The molecule has 3 heterocycles. The minimum absolute atomic E-state index is 0.127. The highest BCUT2D eigenvalue weighted by Gasteiger charge is 2.23. The molecule has 0 atom stereocenters. The molecule has 2 aromatic heterocycles. The molecule has 5 rings (SSSR count). The topological polar surface area (TPSA) is 111 Å². The number of fused-ring (bicyclic) bond motifs is 2. The molecular formula is C27H25N3O6. The van der Waals surface area contributed by atoms with Crippen LogP contribution in [-0.4, -0.2) is 36.7 Å². The van der Waals surface area contributed by atoms with Crippen molar-refractivity contribution in [2.24, 2.45) is 0 Å². The SMILES string of the molecule is CCOC(=O)Nc1ccc2c(COC(=O)c3cc4ccccc4nc3N3CCCC3)cc(=O)oc2c1. The maximum Gasteiger partial charge on any atom is 0.411 e. The zero-order chi connectivity index (χ0) is 25.1. The quantitative estimate of drug-likeness (QED) is 0.303. The molecule has 1 aliphatic rings. The number of amides is 1. The van der Waals surface area contributed by atoms with E-state index in [9.17, 15) is 14.4 Å². The van der Waals surface area contributed by atoms with Gasteiger partial charge in [-0.25, -0.2) is 19.4 Å². The van der Waals surface area contributed by atoms with Crippen molar-refractivity contribution in [3.05, 3.63) is 76.1 Å². The summed E-state index contributed by atoms with van der Waals surface area (Å²) in [5.41, 5.74) is 1.78. The van der Waals surface area contributed by atoms with Crippen LogP contribution in [0.3, 0.4) is 0 Å². The van der Waals surface area contributed by atoms with E-state index in [2.05, 4.69) is 10.2 Å². The van der Waals surface area contributed by atoms with Gasteiger partial charge in [-0.1, -0.05) is 18.2 Å². The number of benzene rings is 2. The van der Waals surface area contributed by atoms with Crippen LogP contribution in [0.1, 0.15) is 35.7 Å². The fourth-order valence-electron chi connectivity index (χ4n) is 4.36. The zero-order valence-corrected chi connectivity index (χ0v) is 19.8. The third-order valence-electron chi connectivity index (χ3n) is 6.04. The molecule has 0 radical (unpaired) electrons. The molecule has 36 heavy (non-hydrogen) atoms. The Hall–Kier alpha value is -4.40. The van der Waals surface area contributed by atoms with Gasteiger partial charge < -0.3 is 18.8 Å². The van der Waals surface area contributed by atoms with Gasteiger partial charge in [0.25, 0.3) is 0 Å². The number of nitrogens with one attached hydrogen (secondary N) is 1. The van der Waals surface area contributed by atoms with Crippen LogP contribution in [-0.2, 0) is 16.1 Å². The van der Waals surface area contributed by atoms with Gasteiger partial charge >= 0.3 is 17.7 Å². The number of nitrogens with zero attached hydrogens (tertiary/aromatic N) is 2. The van der Waals surface area contributed by atoms with Crippen molar-refractivity contribution in [3.8, 4) is 0 Å². The molecule has 1 amide bonds. The van der Waals surface area contributed by atoms with E-state index in [1.807, 2.05) is 30.3 Å². The number of carbonyl (C=O) groups is 2. The third-order valence-corrected chi connectivity index (χ3v) is 6.04. The number of carbonyl (C=O) groups excluding carboxylic acids is 2. The van der Waals surface area contributed by atoms with Crippen LogP contribution >= 0.6 is 0 Å². The van der Waals surface area contributed by atoms with E-state index in [4.69, 9.17) is 18.9 Å². The Kier molecular flexibility index (Phi) is 6.53. The number of para-hydroxylation sites is 1. The lowest BCUT2D eigenvalue weighted by molar-refractivity contribution is 0.0474. The molecule has 1 N–H and O–H groups in total. The van der Waals surface area contributed by atoms with Crippen LogP contribution in [0.2, 0.25) is 0 Å². The largest absolute Gasteiger partial charge is 0.457 e. The number of ether oxygens (including phenoxy) is 2. The van der Waals surface area contributed by atoms with Crippen molar-refractivity contribution >= 4 is 45.4 Å². The Bertz CT molecular complexity index is 1510. The van der Waals surface area contributed by atoms with Crippen molar-refractivity contribution in [3.63, 3.8) is 0 Å². The summed E-state index contributed by atoms with van der Waals surface area (Å²) in [5, 5.41) is 4.01. The lowest BCUT2D eigenvalue weighted by Crippen LogP contribution is -2.23. The van der Waals surface area contributed by atoms with Crippen LogP contribution in [0.4, 0.5) is 16.3 Å². The fraction of sp³-hybridized carbons (Fsp3) is 0.259. The first-order chi connectivity index (χ1) is 17.5. The maximum absolute atomic E-state index is 13.2. The molecule has 0 bridgehead atoms. The zero-order valence-electron chi connectivity index (χ0n) is 19.8. The van der Waals surface area contributed by atoms with Gasteiger partial charge in [-0.15, -0.1) is 0 Å². The second-order valence-corrected chi connectivity index (χ2v) is 8.47. The Morgan fingerprint density at radius 1 is 1.06 bits per heavy atom. The van der Waals surface area contributed by atoms with Gasteiger partial charge in [0.1, 0.15) is 23.6 Å². The van der Waals surface area contributed by atoms with Crippen molar-refractivity contribution in [1.29, 1.82) is 0 Å². The molecule has 9 nitrogen and oxygen atoms in total. The van der Waals surface area contributed by atoms with Crippen LogP contribution in [0.15, 0.2) is 63.8 Å². The first-order valence-corrected chi connectivity index (χ1v) is 11.8. The highest BCUT2D eigenvalue weighted by atomic mass is 16.5. The number of hydrogen-bond donors (Lipinski definition) is 1. The number of rotatable bonds is 6. The highest BCUT2D eigenvalue weighted by molar-refractivity contribution is 5.99. The maximum atomic E-state index is 13.2. The molecule has 1 saturated heterocycles. The van der Waals surface area contributed by atoms with Crippen LogP contribution in [0.5, 0.6) is 0 Å². The molecule has 184 valence electrons. The molecule has 0 aliphatic carbocycles. The second kappa shape index (κ2) is 10.1. The van der Waals surface area contributed by atoms with Crippen molar-refractivity contribution in [2.45, 2.75) is 26.4 Å². The summed E-state index contributed by atoms with van der Waals surface area (Å²) >= 11 is 0. The monoisotopic (exact) mass is 487 g/mol. The number of pyridine rings is 1. The van der Waals surface area contributed by atoms with Gasteiger partial charge in [0.15, 0.2) is 0 Å². The molecular weight excluding hydrogens is 462 g/mol. The molecule has 2 aromatic carbocycles. The molecule has 0 unspecified atom stereocenters. The van der Waals surface area contributed by atoms with Crippen molar-refractivity contribution in [1.82, 2.24) is 4.98 Å². The van der Waals surface area contributed by atoms with Gasteiger partial charge in [-0.3, -0.25) is 5.32 Å². The fourth-order valence-corrected chi connectivity index (χ4v) is 4.36. The van der Waals surface area contributed by atoms with Crippen LogP contribution in [0.25, 0.3) is 21.9 Å². The highest BCUT2D eigenvalue weighted by Crippen LogP contribution is 2.28. The Morgan fingerprint density at radius 2 is 1.86 bits per heavy atom. The first kappa shape index (κ1) is 23.3. The van der Waals surface area contributed by atoms with E-state index in [0.717, 1.165) is 36.8 Å². The lowest BCUT2D eigenvalue weighted by atomic mass is 10.1. The average Bonchev–Trinajstić information content (AvgIpc) is 3.41. The molecule has 9 heteroatoms. The standard InChI is InChI=1S/C27H25N3O6/c1-2-34-27(33)28-19-9-10-20-18(14-24(31)36-23(20)15-19)16-35-26(32)21-13-17-7-3-4-8-22(17)29-25(21)30-11-5-6-12-30/h3-4,7-10,13-15H,2,5-6,11-12,16H2,1H3,(H,28,33). The van der Waals surface area contributed by atoms with E-state index < -0.39 is 17.7 Å². The summed E-state index contributed by atoms with van der Waals surface area (Å²) in [6.45, 7) is 3.47. The van der Waals surface area contributed by atoms with E-state index in [0.29, 0.717) is 28.0 Å². The predicted octanol–water partition coefficient (Wildman–Crippen LogP) is 4.87. The van der Waals surface area contributed by atoms with E-state index in [-0.39, 0.29) is 18.8 Å². The van der Waals surface area contributed by atoms with Gasteiger partial charge in [0.05, 0.1) is 12.1 Å². The summed E-state index contributed by atoms with van der Waals surface area (Å²) in [5.74, 6) is 0.0976. The Labute approximate surface area is 206 Å². The number of esters is 1. The number of aromatic nitrogens is 1. The van der Waals surface area contributed by atoms with Crippen LogP contribution < -0.4 is 15.8 Å². The second-order valence-electron chi connectivity index (χ2n) is 8.47. The normalized spacial score (nSPS) is 13.2. The molecule has 0 spiro atoms. The van der Waals surface area contributed by atoms with Gasteiger partial charge in [0, 0.05) is 47.2 Å².